The standard InChI is InChI=1S/C15H23NO2/c1-5-10-18-14-8-6-13(7-9-14)15(17)12(4)16-11(2)3/h6-9,11-12,16H,5,10H2,1-4H3. The lowest BCUT2D eigenvalue weighted by Crippen LogP contribution is -2.38. The van der Waals surface area contributed by atoms with Crippen molar-refractivity contribution in [3.8, 4) is 5.75 Å². The largest absolute Gasteiger partial charge is 0.494 e. The average Bonchev–Trinajstić information content (AvgIpc) is 2.35. The molecule has 0 aliphatic heterocycles. The van der Waals surface area contributed by atoms with E-state index in [1.165, 1.54) is 0 Å². The van der Waals surface area contributed by atoms with Crippen LogP contribution in [0.1, 0.15) is 44.5 Å². The van der Waals surface area contributed by atoms with E-state index >= 15 is 0 Å². The second-order valence-corrected chi connectivity index (χ2v) is 4.78. The van der Waals surface area contributed by atoms with E-state index in [4.69, 9.17) is 4.74 Å². The monoisotopic (exact) mass is 249 g/mol. The van der Waals surface area contributed by atoms with Crippen LogP contribution in [0, 0.1) is 0 Å². The highest BCUT2D eigenvalue weighted by molar-refractivity contribution is 5.99. The molecule has 0 aliphatic carbocycles. The highest BCUT2D eigenvalue weighted by Crippen LogP contribution is 2.14. The molecule has 3 heteroatoms. The molecule has 1 unspecified atom stereocenters. The quantitative estimate of drug-likeness (QED) is 0.755. The summed E-state index contributed by atoms with van der Waals surface area (Å²) in [5, 5.41) is 3.21. The molecule has 0 saturated heterocycles. The van der Waals surface area contributed by atoms with Gasteiger partial charge in [0.2, 0.25) is 0 Å². The molecule has 1 aromatic rings. The smallest absolute Gasteiger partial charge is 0.179 e. The third kappa shape index (κ3) is 4.49. The van der Waals surface area contributed by atoms with Crippen LogP contribution in [0.25, 0.3) is 0 Å². The zero-order chi connectivity index (χ0) is 13.5. The number of benzene rings is 1. The maximum atomic E-state index is 12.1. The molecule has 0 aliphatic rings. The number of carbonyl (C=O) groups is 1. The van der Waals surface area contributed by atoms with Crippen molar-refractivity contribution in [2.75, 3.05) is 6.61 Å². The van der Waals surface area contributed by atoms with Crippen LogP contribution in [0.2, 0.25) is 0 Å². The molecule has 1 N–H and O–H groups in total. The van der Waals surface area contributed by atoms with E-state index in [9.17, 15) is 4.79 Å². The van der Waals surface area contributed by atoms with Gasteiger partial charge in [0.05, 0.1) is 12.6 Å². The van der Waals surface area contributed by atoms with Crippen LogP contribution in [-0.2, 0) is 0 Å². The summed E-state index contributed by atoms with van der Waals surface area (Å²) in [6.45, 7) is 8.73. The maximum absolute atomic E-state index is 12.1. The predicted octanol–water partition coefficient (Wildman–Crippen LogP) is 3.04. The van der Waals surface area contributed by atoms with Gasteiger partial charge in [-0.1, -0.05) is 20.8 Å². The van der Waals surface area contributed by atoms with Crippen LogP contribution >= 0.6 is 0 Å². The lowest BCUT2D eigenvalue weighted by molar-refractivity contribution is 0.0946. The minimum Gasteiger partial charge on any atom is -0.494 e. The lowest BCUT2D eigenvalue weighted by Gasteiger charge is -2.15. The molecule has 0 radical (unpaired) electrons. The molecule has 1 rings (SSSR count). The number of ether oxygens (including phenoxy) is 1. The first-order chi connectivity index (χ1) is 8.54. The normalized spacial score (nSPS) is 12.5. The highest BCUT2D eigenvalue weighted by atomic mass is 16.5. The molecule has 3 nitrogen and oxygen atoms in total. The van der Waals surface area contributed by atoms with Gasteiger partial charge in [-0.25, -0.2) is 0 Å². The molecule has 1 aromatic carbocycles. The first kappa shape index (κ1) is 14.7. The van der Waals surface area contributed by atoms with Gasteiger partial charge >= 0.3 is 0 Å². The van der Waals surface area contributed by atoms with Crippen molar-refractivity contribution in [2.24, 2.45) is 0 Å². The Bertz CT molecular complexity index is 371. The minimum absolute atomic E-state index is 0.116. The molecular weight excluding hydrogens is 226 g/mol. The van der Waals surface area contributed by atoms with Gasteiger partial charge in [-0.05, 0) is 37.6 Å². The number of Topliss-reactive ketones (excluding diaryl/α,β-unsaturated/α-hetero) is 1. The van der Waals surface area contributed by atoms with E-state index in [0.717, 1.165) is 17.7 Å². The molecule has 0 saturated carbocycles. The van der Waals surface area contributed by atoms with E-state index in [-0.39, 0.29) is 11.8 Å². The first-order valence-electron chi connectivity index (χ1n) is 6.57. The summed E-state index contributed by atoms with van der Waals surface area (Å²) < 4.78 is 5.49. The Morgan fingerprint density at radius 3 is 2.33 bits per heavy atom. The molecule has 0 heterocycles. The van der Waals surface area contributed by atoms with Crippen LogP contribution in [0.15, 0.2) is 24.3 Å². The molecule has 0 spiro atoms. The topological polar surface area (TPSA) is 38.3 Å². The molecule has 0 bridgehead atoms. The Morgan fingerprint density at radius 2 is 1.83 bits per heavy atom. The minimum atomic E-state index is -0.160. The van der Waals surface area contributed by atoms with Crippen molar-refractivity contribution in [2.45, 2.75) is 46.2 Å². The third-order valence-corrected chi connectivity index (χ3v) is 2.59. The van der Waals surface area contributed by atoms with E-state index < -0.39 is 0 Å². The fraction of sp³-hybridized carbons (Fsp3) is 0.533. The predicted molar refractivity (Wildman–Crippen MR) is 74.3 cm³/mol. The summed E-state index contributed by atoms with van der Waals surface area (Å²) >= 11 is 0. The van der Waals surface area contributed by atoms with Gasteiger partial charge in [0.15, 0.2) is 5.78 Å². The summed E-state index contributed by atoms with van der Waals surface area (Å²) in [5.41, 5.74) is 0.722. The van der Waals surface area contributed by atoms with Gasteiger partial charge in [0.25, 0.3) is 0 Å². The zero-order valence-electron chi connectivity index (χ0n) is 11.7. The van der Waals surface area contributed by atoms with Crippen LogP contribution in [-0.4, -0.2) is 24.5 Å². The molecule has 1 atom stereocenters. The van der Waals surface area contributed by atoms with Gasteiger partial charge < -0.3 is 10.1 Å². The highest BCUT2D eigenvalue weighted by Gasteiger charge is 2.15. The third-order valence-electron chi connectivity index (χ3n) is 2.59. The number of carbonyl (C=O) groups excluding carboxylic acids is 1. The summed E-state index contributed by atoms with van der Waals surface area (Å²) in [5.74, 6) is 0.934. The Kier molecular flexibility index (Phi) is 5.86. The number of hydrogen-bond acceptors (Lipinski definition) is 3. The number of ketones is 1. The van der Waals surface area contributed by atoms with Crippen molar-refractivity contribution in [3.63, 3.8) is 0 Å². The lowest BCUT2D eigenvalue weighted by atomic mass is 10.0. The van der Waals surface area contributed by atoms with Crippen LogP contribution in [0.4, 0.5) is 0 Å². The van der Waals surface area contributed by atoms with Crippen molar-refractivity contribution in [1.29, 1.82) is 0 Å². The van der Waals surface area contributed by atoms with Crippen molar-refractivity contribution in [1.82, 2.24) is 5.32 Å². The summed E-state index contributed by atoms with van der Waals surface area (Å²) in [4.78, 5) is 12.1. The fourth-order valence-corrected chi connectivity index (χ4v) is 1.76. The maximum Gasteiger partial charge on any atom is 0.179 e. The van der Waals surface area contributed by atoms with Gasteiger partial charge in [-0.2, -0.15) is 0 Å². The molecule has 100 valence electrons. The van der Waals surface area contributed by atoms with Gasteiger partial charge in [0.1, 0.15) is 5.75 Å². The molecule has 18 heavy (non-hydrogen) atoms. The Labute approximate surface area is 110 Å². The summed E-state index contributed by atoms with van der Waals surface area (Å²) in [7, 11) is 0. The van der Waals surface area contributed by atoms with Crippen LogP contribution in [0.5, 0.6) is 5.75 Å². The molecule has 0 fully saturated rings. The van der Waals surface area contributed by atoms with Crippen molar-refractivity contribution >= 4 is 5.78 Å². The Morgan fingerprint density at radius 1 is 1.22 bits per heavy atom. The van der Waals surface area contributed by atoms with Crippen molar-refractivity contribution < 1.29 is 9.53 Å². The van der Waals surface area contributed by atoms with E-state index in [0.29, 0.717) is 12.6 Å². The first-order valence-corrected chi connectivity index (χ1v) is 6.57. The van der Waals surface area contributed by atoms with Gasteiger partial charge in [-0.3, -0.25) is 4.79 Å². The number of rotatable bonds is 7. The van der Waals surface area contributed by atoms with E-state index in [2.05, 4.69) is 12.2 Å². The Balaban J connectivity index is 2.63. The molecular formula is C15H23NO2. The second kappa shape index (κ2) is 7.17. The summed E-state index contributed by atoms with van der Waals surface area (Å²) in [6.07, 6.45) is 0.982. The van der Waals surface area contributed by atoms with Gasteiger partial charge in [0, 0.05) is 11.6 Å². The van der Waals surface area contributed by atoms with Crippen molar-refractivity contribution in [3.05, 3.63) is 29.8 Å². The Hall–Kier alpha value is -1.35. The number of nitrogens with one attached hydrogen (secondary N) is 1. The molecule has 0 amide bonds. The summed E-state index contributed by atoms with van der Waals surface area (Å²) in [6, 6.07) is 7.50. The zero-order valence-corrected chi connectivity index (χ0v) is 11.7. The fourth-order valence-electron chi connectivity index (χ4n) is 1.76. The average molecular weight is 249 g/mol. The SMILES string of the molecule is CCCOc1ccc(C(=O)C(C)NC(C)C)cc1. The van der Waals surface area contributed by atoms with E-state index in [1.807, 2.05) is 45.0 Å². The molecule has 0 aromatic heterocycles. The number of hydrogen-bond donors (Lipinski definition) is 1. The van der Waals surface area contributed by atoms with Crippen LogP contribution < -0.4 is 10.1 Å². The van der Waals surface area contributed by atoms with Gasteiger partial charge in [-0.15, -0.1) is 0 Å². The van der Waals surface area contributed by atoms with E-state index in [1.54, 1.807) is 0 Å². The second-order valence-electron chi connectivity index (χ2n) is 4.78. The van der Waals surface area contributed by atoms with Crippen LogP contribution in [0.3, 0.4) is 0 Å².